The van der Waals surface area contributed by atoms with Crippen molar-refractivity contribution < 1.29 is 19.0 Å². The molecule has 0 saturated carbocycles. The highest BCUT2D eigenvalue weighted by atomic mass is 16.6. The standard InChI is InChI=1S/C15H14N2O4/c1-11(18)20-5-6-21-14-4-3-12(8-15(14)19-2)7-13(9-16)10-17/h3-4,7-8H,5-6H2,1-2H3. The zero-order chi connectivity index (χ0) is 15.7. The van der Waals surface area contributed by atoms with E-state index < -0.39 is 0 Å². The van der Waals surface area contributed by atoms with E-state index in [1.165, 1.54) is 20.1 Å². The van der Waals surface area contributed by atoms with Gasteiger partial charge in [-0.05, 0) is 23.8 Å². The van der Waals surface area contributed by atoms with Crippen molar-refractivity contribution in [3.05, 3.63) is 29.3 Å². The number of esters is 1. The van der Waals surface area contributed by atoms with Crippen molar-refractivity contribution in [1.29, 1.82) is 10.5 Å². The van der Waals surface area contributed by atoms with Crippen LogP contribution in [0.5, 0.6) is 11.5 Å². The molecule has 0 amide bonds. The number of allylic oxidation sites excluding steroid dienone is 1. The van der Waals surface area contributed by atoms with Gasteiger partial charge < -0.3 is 14.2 Å². The van der Waals surface area contributed by atoms with Crippen LogP contribution in [-0.2, 0) is 9.53 Å². The summed E-state index contributed by atoms with van der Waals surface area (Å²) in [5, 5.41) is 17.4. The molecule has 0 aromatic heterocycles. The minimum absolute atomic E-state index is 0.000537. The van der Waals surface area contributed by atoms with Crippen LogP contribution in [0.1, 0.15) is 12.5 Å². The van der Waals surface area contributed by atoms with E-state index in [1.54, 1.807) is 30.3 Å². The number of carbonyl (C=O) groups is 1. The molecule has 0 heterocycles. The van der Waals surface area contributed by atoms with Crippen molar-refractivity contribution in [3.8, 4) is 23.6 Å². The van der Waals surface area contributed by atoms with Gasteiger partial charge in [-0.1, -0.05) is 6.07 Å². The highest BCUT2D eigenvalue weighted by Gasteiger charge is 2.06. The smallest absolute Gasteiger partial charge is 0.302 e. The summed E-state index contributed by atoms with van der Waals surface area (Å²) >= 11 is 0. The molecule has 0 aliphatic heterocycles. The van der Waals surface area contributed by atoms with Gasteiger partial charge in [0, 0.05) is 6.92 Å². The van der Waals surface area contributed by atoms with Crippen molar-refractivity contribution in [2.45, 2.75) is 6.92 Å². The minimum Gasteiger partial charge on any atom is -0.493 e. The largest absolute Gasteiger partial charge is 0.493 e. The quantitative estimate of drug-likeness (QED) is 0.451. The zero-order valence-electron chi connectivity index (χ0n) is 11.8. The topological polar surface area (TPSA) is 92.3 Å². The third-order valence-electron chi connectivity index (χ3n) is 2.39. The number of benzene rings is 1. The monoisotopic (exact) mass is 286 g/mol. The van der Waals surface area contributed by atoms with E-state index in [1.807, 2.05) is 0 Å². The second-order valence-electron chi connectivity index (χ2n) is 3.88. The summed E-state index contributed by atoms with van der Waals surface area (Å²) in [6.07, 6.45) is 1.45. The van der Waals surface area contributed by atoms with Crippen molar-refractivity contribution >= 4 is 12.0 Å². The number of hydrogen-bond donors (Lipinski definition) is 0. The lowest BCUT2D eigenvalue weighted by molar-refractivity contribution is -0.141. The Labute approximate surface area is 122 Å². The average Bonchev–Trinajstić information content (AvgIpc) is 2.49. The number of nitrogens with zero attached hydrogens (tertiary/aromatic N) is 2. The van der Waals surface area contributed by atoms with Crippen LogP contribution in [0, 0.1) is 22.7 Å². The van der Waals surface area contributed by atoms with Crippen LogP contribution in [-0.4, -0.2) is 26.3 Å². The Balaban J connectivity index is 2.80. The highest BCUT2D eigenvalue weighted by Crippen LogP contribution is 2.28. The highest BCUT2D eigenvalue weighted by molar-refractivity contribution is 5.66. The second kappa shape index (κ2) is 8.23. The Hall–Kier alpha value is -2.99. The van der Waals surface area contributed by atoms with Gasteiger partial charge in [0.05, 0.1) is 7.11 Å². The molecule has 0 bridgehead atoms. The molecular formula is C15H14N2O4. The molecule has 0 radical (unpaired) electrons. The van der Waals surface area contributed by atoms with Crippen LogP contribution in [0.4, 0.5) is 0 Å². The summed E-state index contributed by atoms with van der Waals surface area (Å²) in [5.74, 6) is 0.575. The molecule has 1 rings (SSSR count). The van der Waals surface area contributed by atoms with Crippen LogP contribution in [0.15, 0.2) is 23.8 Å². The Kier molecular flexibility index (Phi) is 6.30. The average molecular weight is 286 g/mol. The van der Waals surface area contributed by atoms with Crippen LogP contribution < -0.4 is 9.47 Å². The van der Waals surface area contributed by atoms with Gasteiger partial charge in [-0.25, -0.2) is 0 Å². The number of nitriles is 2. The summed E-state index contributed by atoms with van der Waals surface area (Å²) in [7, 11) is 1.48. The molecule has 6 heteroatoms. The van der Waals surface area contributed by atoms with Gasteiger partial charge in [0.25, 0.3) is 0 Å². The molecule has 108 valence electrons. The van der Waals surface area contributed by atoms with E-state index in [4.69, 9.17) is 24.7 Å². The maximum absolute atomic E-state index is 10.6. The lowest BCUT2D eigenvalue weighted by atomic mass is 10.1. The molecule has 0 aliphatic carbocycles. The molecule has 21 heavy (non-hydrogen) atoms. The van der Waals surface area contributed by atoms with Gasteiger partial charge in [0.1, 0.15) is 30.9 Å². The molecular weight excluding hydrogens is 272 g/mol. The molecule has 0 saturated heterocycles. The van der Waals surface area contributed by atoms with Gasteiger partial charge in [0.2, 0.25) is 0 Å². The van der Waals surface area contributed by atoms with E-state index in [0.717, 1.165) is 0 Å². The maximum atomic E-state index is 10.6. The molecule has 0 atom stereocenters. The van der Waals surface area contributed by atoms with Gasteiger partial charge in [-0.15, -0.1) is 0 Å². The SMILES string of the molecule is COc1cc(C=C(C#N)C#N)ccc1OCCOC(C)=O. The van der Waals surface area contributed by atoms with Crippen molar-refractivity contribution in [3.63, 3.8) is 0 Å². The van der Waals surface area contributed by atoms with Gasteiger partial charge in [-0.3, -0.25) is 4.79 Å². The number of hydrogen-bond acceptors (Lipinski definition) is 6. The van der Waals surface area contributed by atoms with E-state index in [0.29, 0.717) is 17.1 Å². The molecule has 1 aromatic rings. The lowest BCUT2D eigenvalue weighted by Crippen LogP contribution is -2.10. The van der Waals surface area contributed by atoms with Crippen molar-refractivity contribution in [2.24, 2.45) is 0 Å². The Bertz CT molecular complexity index is 608. The third-order valence-corrected chi connectivity index (χ3v) is 2.39. The Morgan fingerprint density at radius 1 is 1.24 bits per heavy atom. The fraction of sp³-hybridized carbons (Fsp3) is 0.267. The van der Waals surface area contributed by atoms with Crippen LogP contribution in [0.25, 0.3) is 6.08 Å². The Morgan fingerprint density at radius 3 is 2.52 bits per heavy atom. The fourth-order valence-corrected chi connectivity index (χ4v) is 1.49. The zero-order valence-corrected chi connectivity index (χ0v) is 11.8. The number of ether oxygens (including phenoxy) is 3. The molecule has 0 unspecified atom stereocenters. The third kappa shape index (κ3) is 5.25. The van der Waals surface area contributed by atoms with Crippen LogP contribution in [0.2, 0.25) is 0 Å². The Morgan fingerprint density at radius 2 is 1.95 bits per heavy atom. The first kappa shape index (κ1) is 16.1. The number of carbonyl (C=O) groups excluding carboxylic acids is 1. The van der Waals surface area contributed by atoms with Crippen molar-refractivity contribution in [1.82, 2.24) is 0 Å². The van der Waals surface area contributed by atoms with E-state index in [2.05, 4.69) is 0 Å². The summed E-state index contributed by atoms with van der Waals surface area (Å²) in [6.45, 7) is 1.67. The van der Waals surface area contributed by atoms with E-state index >= 15 is 0 Å². The number of methoxy groups -OCH3 is 1. The predicted octanol–water partition coefficient (Wildman–Crippen LogP) is 2.07. The first-order valence-electron chi connectivity index (χ1n) is 6.06. The summed E-state index contributed by atoms with van der Waals surface area (Å²) in [6, 6.07) is 8.57. The maximum Gasteiger partial charge on any atom is 0.302 e. The fourth-order valence-electron chi connectivity index (χ4n) is 1.49. The van der Waals surface area contributed by atoms with Crippen molar-refractivity contribution in [2.75, 3.05) is 20.3 Å². The predicted molar refractivity (Wildman–Crippen MR) is 74.3 cm³/mol. The van der Waals surface area contributed by atoms with E-state index in [-0.39, 0.29) is 24.8 Å². The van der Waals surface area contributed by atoms with Crippen LogP contribution in [0.3, 0.4) is 0 Å². The summed E-state index contributed by atoms with van der Waals surface area (Å²) in [4.78, 5) is 10.6. The first-order chi connectivity index (χ1) is 10.1. The van der Waals surface area contributed by atoms with E-state index in [9.17, 15) is 4.79 Å². The molecule has 6 nitrogen and oxygen atoms in total. The molecule has 0 fully saturated rings. The second-order valence-corrected chi connectivity index (χ2v) is 3.88. The van der Waals surface area contributed by atoms with Gasteiger partial charge in [0.15, 0.2) is 11.5 Å². The molecule has 0 N–H and O–H groups in total. The molecule has 0 spiro atoms. The van der Waals surface area contributed by atoms with Gasteiger partial charge >= 0.3 is 5.97 Å². The molecule has 0 aliphatic rings. The summed E-state index contributed by atoms with van der Waals surface area (Å²) < 4.78 is 15.4. The first-order valence-corrected chi connectivity index (χ1v) is 6.06. The minimum atomic E-state index is -0.369. The molecule has 1 aromatic carbocycles. The lowest BCUT2D eigenvalue weighted by Gasteiger charge is -2.11. The normalized spacial score (nSPS) is 8.95. The number of rotatable bonds is 6. The van der Waals surface area contributed by atoms with Crippen LogP contribution >= 0.6 is 0 Å². The van der Waals surface area contributed by atoms with Gasteiger partial charge in [-0.2, -0.15) is 10.5 Å². The summed E-state index contributed by atoms with van der Waals surface area (Å²) in [5.41, 5.74) is 0.651.